The van der Waals surface area contributed by atoms with E-state index >= 15 is 0 Å². The van der Waals surface area contributed by atoms with Gasteiger partial charge in [-0.2, -0.15) is 12.2 Å². The van der Waals surface area contributed by atoms with Crippen molar-refractivity contribution in [3.8, 4) is 0 Å². The first-order valence-electron chi connectivity index (χ1n) is 3.93. The molecule has 0 aliphatic heterocycles. The van der Waals surface area contributed by atoms with Gasteiger partial charge in [0.15, 0.2) is 0 Å². The van der Waals surface area contributed by atoms with Gasteiger partial charge in [0.2, 0.25) is 0 Å². The topological polar surface area (TPSA) is 0 Å². The fourth-order valence-electron chi connectivity index (χ4n) is 0.680. The van der Waals surface area contributed by atoms with Crippen molar-refractivity contribution in [1.82, 2.24) is 0 Å². The average molecular weight is 355 g/mol. The van der Waals surface area contributed by atoms with E-state index in [1.165, 1.54) is 0 Å². The van der Waals surface area contributed by atoms with Crippen molar-refractivity contribution in [2.45, 2.75) is 12.8 Å². The molecule has 15 heavy (non-hydrogen) atoms. The van der Waals surface area contributed by atoms with Crippen molar-refractivity contribution in [2.75, 3.05) is 0 Å². The Hall–Kier alpha value is 0.857. The molecule has 0 aromatic rings. The summed E-state index contributed by atoms with van der Waals surface area (Å²) in [6.07, 6.45) is 20.0. The molecule has 5 heteroatoms. The molecule has 0 N–H and O–H groups in total. The third-order valence-electron chi connectivity index (χ3n) is 1.17. The van der Waals surface area contributed by atoms with Crippen LogP contribution < -0.4 is 0 Å². The number of rotatable bonds is 0. The molecule has 2 rings (SSSR count). The first-order chi connectivity index (χ1) is 6.00. The first kappa shape index (κ1) is 24.9. The minimum Gasteiger partial charge on any atom is -0.273 e. The Morgan fingerprint density at radius 3 is 1.20 bits per heavy atom. The van der Waals surface area contributed by atoms with Gasteiger partial charge in [0.05, 0.1) is 0 Å². The second-order valence-corrected chi connectivity index (χ2v) is 2.01. The molecule has 0 atom stereocenters. The minimum atomic E-state index is 0. The number of hydrogen-bond acceptors (Lipinski definition) is 0. The minimum absolute atomic E-state index is 0. The van der Waals surface area contributed by atoms with E-state index in [1.807, 2.05) is 43.8 Å². The Kier molecular flexibility index (Phi) is 40.2. The molecule has 0 saturated carbocycles. The van der Waals surface area contributed by atoms with Crippen LogP contribution in [0.1, 0.15) is 12.8 Å². The molecule has 0 heterocycles. The van der Waals surface area contributed by atoms with E-state index in [4.69, 9.17) is 0 Å². The van der Waals surface area contributed by atoms with Crippen molar-refractivity contribution in [3.63, 3.8) is 0 Å². The molecule has 0 nitrogen and oxygen atoms in total. The van der Waals surface area contributed by atoms with Gasteiger partial charge in [-0.1, -0.05) is 0 Å². The molecule has 0 bridgehead atoms. The Bertz CT molecular complexity index is 160. The van der Waals surface area contributed by atoms with E-state index in [9.17, 15) is 0 Å². The van der Waals surface area contributed by atoms with Crippen LogP contribution in [0, 0.1) is 12.2 Å². The molecule has 2 aliphatic carbocycles. The van der Waals surface area contributed by atoms with Crippen molar-refractivity contribution in [2.24, 2.45) is 0 Å². The molecule has 2 radical (unpaired) electrons. The first-order valence-corrected chi connectivity index (χ1v) is 7.93. The van der Waals surface area contributed by atoms with Gasteiger partial charge in [0.1, 0.15) is 0 Å². The monoisotopic (exact) mass is 352 g/mol. The Balaban J connectivity index is -0.0000000592. The van der Waals surface area contributed by atoms with Crippen molar-refractivity contribution in [3.05, 3.63) is 48.6 Å². The molecule has 0 aromatic heterocycles. The third-order valence-corrected chi connectivity index (χ3v) is 1.17. The second-order valence-electron chi connectivity index (χ2n) is 2.01. The zero-order valence-corrected chi connectivity index (χ0v) is 15.5. The van der Waals surface area contributed by atoms with Crippen LogP contribution in [0.2, 0.25) is 0 Å². The zero-order chi connectivity index (χ0) is 9.07. The van der Waals surface area contributed by atoms with E-state index in [2.05, 4.69) is 24.3 Å². The van der Waals surface area contributed by atoms with E-state index in [0.717, 1.165) is 12.8 Å². The summed E-state index contributed by atoms with van der Waals surface area (Å²) in [7, 11) is 3.78. The van der Waals surface area contributed by atoms with Gasteiger partial charge in [0, 0.05) is 0 Å². The standard InChI is InChI=1S/2C5H5.2ClH.H4Si2.Zr/c2*1-2-4-5-3-1;;;1-2;/h2*1-3H,4H2;2*1H;1-2H2;/q2*-1;;;;+2. The van der Waals surface area contributed by atoms with Crippen molar-refractivity contribution < 1.29 is 26.2 Å². The SMILES string of the molecule is Cl.Cl.[C-]1=CC=CC1.[C-]1=CC=CC1.[SiH2][SiH2].[Zr+2]. The Morgan fingerprint density at radius 2 is 1.13 bits per heavy atom. The Labute approximate surface area is 131 Å². The summed E-state index contributed by atoms with van der Waals surface area (Å²) < 4.78 is 0. The van der Waals surface area contributed by atoms with Crippen molar-refractivity contribution in [1.29, 1.82) is 0 Å². The van der Waals surface area contributed by atoms with Crippen LogP contribution in [-0.4, -0.2) is 19.5 Å². The number of hydrogen-bond donors (Lipinski definition) is 0. The normalized spacial score (nSPS) is 12.1. The van der Waals surface area contributed by atoms with Gasteiger partial charge in [-0.05, 0) is 19.5 Å². The second kappa shape index (κ2) is 24.2. The fraction of sp³-hybridized carbons (Fsp3) is 0.200. The summed E-state index contributed by atoms with van der Waals surface area (Å²) in [6, 6.07) is 0. The van der Waals surface area contributed by atoms with Gasteiger partial charge in [-0.25, -0.2) is 24.3 Å². The molecule has 2 aliphatic rings. The average Bonchev–Trinajstić information content (AvgIpc) is 2.87. The summed E-state index contributed by atoms with van der Waals surface area (Å²) in [5.74, 6) is 0. The van der Waals surface area contributed by atoms with Crippen LogP contribution >= 0.6 is 24.8 Å². The van der Waals surface area contributed by atoms with Gasteiger partial charge < -0.3 is 0 Å². The fourth-order valence-corrected chi connectivity index (χ4v) is 0.680. The molecule has 0 amide bonds. The van der Waals surface area contributed by atoms with E-state index < -0.39 is 0 Å². The summed E-state index contributed by atoms with van der Waals surface area (Å²) in [5, 5.41) is 0. The molecular formula is C10H16Cl2Si2Zr. The van der Waals surface area contributed by atoms with Crippen LogP contribution in [0.25, 0.3) is 0 Å². The van der Waals surface area contributed by atoms with Crippen LogP contribution in [0.15, 0.2) is 36.5 Å². The predicted octanol–water partition coefficient (Wildman–Crippen LogP) is 1.62. The summed E-state index contributed by atoms with van der Waals surface area (Å²) in [4.78, 5) is 0. The number of allylic oxidation sites excluding steroid dienone is 8. The van der Waals surface area contributed by atoms with Gasteiger partial charge in [-0.3, -0.25) is 12.2 Å². The van der Waals surface area contributed by atoms with E-state index in [-0.39, 0.29) is 51.0 Å². The number of halogens is 2. The maximum Gasteiger partial charge on any atom is 2.00 e. The molecule has 0 unspecified atom stereocenters. The predicted molar refractivity (Wildman–Crippen MR) is 74.7 cm³/mol. The third kappa shape index (κ3) is 20.8. The van der Waals surface area contributed by atoms with Crippen LogP contribution in [0.5, 0.6) is 0 Å². The van der Waals surface area contributed by atoms with Crippen LogP contribution in [-0.2, 0) is 26.2 Å². The molecule has 0 aromatic carbocycles. The summed E-state index contributed by atoms with van der Waals surface area (Å²) in [6.45, 7) is 0. The Morgan fingerprint density at radius 1 is 0.800 bits per heavy atom. The quantitative estimate of drug-likeness (QED) is 0.458. The molecule has 82 valence electrons. The maximum atomic E-state index is 2.99. The van der Waals surface area contributed by atoms with Gasteiger partial charge in [0.25, 0.3) is 0 Å². The van der Waals surface area contributed by atoms with E-state index in [1.54, 1.807) is 0 Å². The smallest absolute Gasteiger partial charge is 0.273 e. The maximum absolute atomic E-state index is 2.99. The summed E-state index contributed by atoms with van der Waals surface area (Å²) >= 11 is 0. The molecule has 0 spiro atoms. The molecule has 0 saturated heterocycles. The largest absolute Gasteiger partial charge is 2.00 e. The van der Waals surface area contributed by atoms with Gasteiger partial charge in [-0.15, -0.1) is 37.7 Å². The van der Waals surface area contributed by atoms with Crippen LogP contribution in [0.4, 0.5) is 0 Å². The molecular weight excluding hydrogens is 338 g/mol. The van der Waals surface area contributed by atoms with E-state index in [0.29, 0.717) is 0 Å². The zero-order valence-electron chi connectivity index (χ0n) is 8.61. The van der Waals surface area contributed by atoms with Crippen molar-refractivity contribution >= 4 is 44.3 Å². The summed E-state index contributed by atoms with van der Waals surface area (Å²) in [5.41, 5.74) is 0. The molecule has 0 fully saturated rings. The van der Waals surface area contributed by atoms with Crippen LogP contribution in [0.3, 0.4) is 0 Å². The van der Waals surface area contributed by atoms with Gasteiger partial charge >= 0.3 is 26.2 Å².